The smallest absolute Gasteiger partial charge is 0.125 e. The lowest BCUT2D eigenvalue weighted by atomic mass is 9.97. The van der Waals surface area contributed by atoms with Crippen LogP contribution in [-0.2, 0) is 6.42 Å². The fourth-order valence-electron chi connectivity index (χ4n) is 2.43. The molecule has 0 saturated heterocycles. The Labute approximate surface area is 130 Å². The number of para-hydroxylation sites is 1. The van der Waals surface area contributed by atoms with E-state index in [4.69, 9.17) is 21.1 Å². The molecular formula is C17H20ClNO2. The average molecular weight is 306 g/mol. The Kier molecular flexibility index (Phi) is 5.48. The summed E-state index contributed by atoms with van der Waals surface area (Å²) in [7, 11) is 5.29. The van der Waals surface area contributed by atoms with Crippen molar-refractivity contribution in [3.05, 3.63) is 58.6 Å². The van der Waals surface area contributed by atoms with Crippen molar-refractivity contribution in [3.8, 4) is 11.5 Å². The summed E-state index contributed by atoms with van der Waals surface area (Å²) < 4.78 is 10.9. The summed E-state index contributed by atoms with van der Waals surface area (Å²) in [5.41, 5.74) is 2.23. The van der Waals surface area contributed by atoms with Crippen LogP contribution in [0.3, 0.4) is 0 Å². The first-order valence-corrected chi connectivity index (χ1v) is 7.20. The highest BCUT2D eigenvalue weighted by molar-refractivity contribution is 6.30. The van der Waals surface area contributed by atoms with Crippen LogP contribution in [0.25, 0.3) is 0 Å². The zero-order valence-electron chi connectivity index (χ0n) is 12.5. The molecule has 0 aliphatic carbocycles. The lowest BCUT2D eigenvalue weighted by Gasteiger charge is -2.20. The molecular weight excluding hydrogens is 286 g/mol. The minimum absolute atomic E-state index is 0.119. The minimum Gasteiger partial charge on any atom is -0.496 e. The molecule has 2 aromatic rings. The second kappa shape index (κ2) is 7.34. The van der Waals surface area contributed by atoms with Gasteiger partial charge >= 0.3 is 0 Å². The number of methoxy groups -OCH3 is 2. The van der Waals surface area contributed by atoms with Crippen LogP contribution in [0.5, 0.6) is 11.5 Å². The van der Waals surface area contributed by atoms with Gasteiger partial charge in [0, 0.05) is 16.6 Å². The molecule has 1 atom stereocenters. The number of hydrogen-bond donors (Lipinski definition) is 1. The summed E-state index contributed by atoms with van der Waals surface area (Å²) in [5.74, 6) is 1.68. The number of likely N-dealkylation sites (N-methyl/N-ethyl adjacent to an activating group) is 1. The number of halogens is 1. The SMILES string of the molecule is CNC(Cc1ccccc1OC)c1ccc(Cl)cc1OC. The van der Waals surface area contributed by atoms with Gasteiger partial charge in [0.1, 0.15) is 11.5 Å². The Balaban J connectivity index is 2.32. The van der Waals surface area contributed by atoms with E-state index in [1.165, 1.54) is 0 Å². The van der Waals surface area contributed by atoms with Gasteiger partial charge < -0.3 is 14.8 Å². The fourth-order valence-corrected chi connectivity index (χ4v) is 2.59. The molecule has 0 radical (unpaired) electrons. The molecule has 0 aromatic heterocycles. The fraction of sp³-hybridized carbons (Fsp3) is 0.294. The lowest BCUT2D eigenvalue weighted by molar-refractivity contribution is 0.395. The van der Waals surface area contributed by atoms with Gasteiger partial charge in [-0.15, -0.1) is 0 Å². The van der Waals surface area contributed by atoms with Gasteiger partial charge in [0.05, 0.1) is 14.2 Å². The molecule has 0 aliphatic rings. The van der Waals surface area contributed by atoms with Crippen LogP contribution in [0.2, 0.25) is 5.02 Å². The van der Waals surface area contributed by atoms with Gasteiger partial charge in [0.15, 0.2) is 0 Å². The standard InChI is InChI=1S/C17H20ClNO2/c1-19-15(10-12-6-4-5-7-16(12)20-2)14-9-8-13(18)11-17(14)21-3/h4-9,11,15,19H,10H2,1-3H3. The van der Waals surface area contributed by atoms with Crippen molar-refractivity contribution in [1.82, 2.24) is 5.32 Å². The van der Waals surface area contributed by atoms with Crippen LogP contribution >= 0.6 is 11.6 Å². The van der Waals surface area contributed by atoms with Gasteiger partial charge in [0.2, 0.25) is 0 Å². The van der Waals surface area contributed by atoms with Gasteiger partial charge in [-0.25, -0.2) is 0 Å². The molecule has 0 fully saturated rings. The lowest BCUT2D eigenvalue weighted by Crippen LogP contribution is -2.20. The third-order valence-corrected chi connectivity index (χ3v) is 3.77. The highest BCUT2D eigenvalue weighted by Crippen LogP contribution is 2.32. The van der Waals surface area contributed by atoms with Crippen LogP contribution in [0.1, 0.15) is 17.2 Å². The Morgan fingerprint density at radius 3 is 2.43 bits per heavy atom. The molecule has 21 heavy (non-hydrogen) atoms. The molecule has 0 amide bonds. The van der Waals surface area contributed by atoms with Crippen LogP contribution < -0.4 is 14.8 Å². The quantitative estimate of drug-likeness (QED) is 0.879. The van der Waals surface area contributed by atoms with Crippen LogP contribution in [0.4, 0.5) is 0 Å². The first kappa shape index (κ1) is 15.7. The second-order valence-corrected chi connectivity index (χ2v) is 5.18. The topological polar surface area (TPSA) is 30.5 Å². The molecule has 0 heterocycles. The van der Waals surface area contributed by atoms with E-state index in [9.17, 15) is 0 Å². The third kappa shape index (κ3) is 3.69. The zero-order valence-corrected chi connectivity index (χ0v) is 13.3. The third-order valence-electron chi connectivity index (χ3n) is 3.54. The Hall–Kier alpha value is -1.71. The maximum Gasteiger partial charge on any atom is 0.125 e. The zero-order chi connectivity index (χ0) is 15.2. The monoisotopic (exact) mass is 305 g/mol. The number of benzene rings is 2. The van der Waals surface area contributed by atoms with E-state index < -0.39 is 0 Å². The van der Waals surface area contributed by atoms with E-state index in [0.29, 0.717) is 5.02 Å². The summed E-state index contributed by atoms with van der Waals surface area (Å²) in [6.07, 6.45) is 0.804. The van der Waals surface area contributed by atoms with E-state index in [1.54, 1.807) is 14.2 Å². The van der Waals surface area contributed by atoms with Crippen molar-refractivity contribution in [3.63, 3.8) is 0 Å². The largest absolute Gasteiger partial charge is 0.496 e. The van der Waals surface area contributed by atoms with E-state index in [0.717, 1.165) is 29.0 Å². The van der Waals surface area contributed by atoms with Crippen LogP contribution in [0.15, 0.2) is 42.5 Å². The van der Waals surface area contributed by atoms with Crippen molar-refractivity contribution in [2.24, 2.45) is 0 Å². The van der Waals surface area contributed by atoms with Crippen molar-refractivity contribution in [2.75, 3.05) is 21.3 Å². The Morgan fingerprint density at radius 1 is 1.05 bits per heavy atom. The second-order valence-electron chi connectivity index (χ2n) is 4.74. The van der Waals surface area contributed by atoms with Gasteiger partial charge in [-0.3, -0.25) is 0 Å². The van der Waals surface area contributed by atoms with Crippen LogP contribution in [-0.4, -0.2) is 21.3 Å². The Morgan fingerprint density at radius 2 is 1.76 bits per heavy atom. The summed E-state index contributed by atoms with van der Waals surface area (Å²) in [5, 5.41) is 4.00. The van der Waals surface area contributed by atoms with Gasteiger partial charge in [-0.1, -0.05) is 35.9 Å². The van der Waals surface area contributed by atoms with E-state index >= 15 is 0 Å². The molecule has 1 unspecified atom stereocenters. The highest BCUT2D eigenvalue weighted by Gasteiger charge is 2.17. The van der Waals surface area contributed by atoms with Gasteiger partial charge in [-0.05, 0) is 37.2 Å². The molecule has 1 N–H and O–H groups in total. The molecule has 0 spiro atoms. The minimum atomic E-state index is 0.119. The molecule has 0 aliphatic heterocycles. The van der Waals surface area contributed by atoms with Crippen molar-refractivity contribution in [1.29, 1.82) is 0 Å². The first-order chi connectivity index (χ1) is 10.2. The summed E-state index contributed by atoms with van der Waals surface area (Å²) >= 11 is 6.03. The van der Waals surface area contributed by atoms with Gasteiger partial charge in [-0.2, -0.15) is 0 Å². The normalized spacial score (nSPS) is 12.0. The predicted octanol–water partition coefficient (Wildman–Crippen LogP) is 3.86. The number of hydrogen-bond acceptors (Lipinski definition) is 3. The highest BCUT2D eigenvalue weighted by atomic mass is 35.5. The number of rotatable bonds is 6. The van der Waals surface area contributed by atoms with Crippen molar-refractivity contribution < 1.29 is 9.47 Å². The van der Waals surface area contributed by atoms with Crippen LogP contribution in [0, 0.1) is 0 Å². The Bertz CT molecular complexity index is 601. The molecule has 4 heteroatoms. The summed E-state index contributed by atoms with van der Waals surface area (Å²) in [6, 6.07) is 13.9. The molecule has 0 bridgehead atoms. The molecule has 112 valence electrons. The van der Waals surface area contributed by atoms with E-state index in [2.05, 4.69) is 11.4 Å². The molecule has 0 saturated carbocycles. The van der Waals surface area contributed by atoms with E-state index in [1.807, 2.05) is 43.4 Å². The average Bonchev–Trinajstić information content (AvgIpc) is 2.53. The van der Waals surface area contributed by atoms with Gasteiger partial charge in [0.25, 0.3) is 0 Å². The molecule has 2 rings (SSSR count). The van der Waals surface area contributed by atoms with Crippen molar-refractivity contribution >= 4 is 11.6 Å². The maximum absolute atomic E-state index is 6.03. The first-order valence-electron chi connectivity index (χ1n) is 6.82. The number of nitrogens with one attached hydrogen (secondary N) is 1. The maximum atomic E-state index is 6.03. The number of ether oxygens (including phenoxy) is 2. The molecule has 3 nitrogen and oxygen atoms in total. The van der Waals surface area contributed by atoms with E-state index in [-0.39, 0.29) is 6.04 Å². The van der Waals surface area contributed by atoms with Crippen molar-refractivity contribution in [2.45, 2.75) is 12.5 Å². The summed E-state index contributed by atoms with van der Waals surface area (Å²) in [6.45, 7) is 0. The molecule has 2 aromatic carbocycles. The summed E-state index contributed by atoms with van der Waals surface area (Å²) in [4.78, 5) is 0. The predicted molar refractivity (Wildman–Crippen MR) is 86.5 cm³/mol.